The Labute approximate surface area is 275 Å². The third-order valence-corrected chi connectivity index (χ3v) is 5.73. The van der Waals surface area contributed by atoms with E-state index < -0.39 is 54.0 Å². The van der Waals surface area contributed by atoms with Crippen molar-refractivity contribution >= 4 is 40.7 Å². The Bertz CT molecular complexity index is 1140. The molecule has 16 nitrogen and oxygen atoms in total. The molecule has 0 amide bonds. The first-order chi connectivity index (χ1) is 21.6. The molecule has 0 aliphatic carbocycles. The van der Waals surface area contributed by atoms with Crippen molar-refractivity contribution in [2.24, 2.45) is 46.4 Å². The van der Waals surface area contributed by atoms with Gasteiger partial charge in [0.05, 0.1) is 6.54 Å². The molecule has 47 heavy (non-hydrogen) atoms. The number of nitrogens with one attached hydrogen (secondary N) is 1. The van der Waals surface area contributed by atoms with Crippen molar-refractivity contribution in [1.82, 2.24) is 4.98 Å². The highest BCUT2D eigenvalue weighted by atomic mass is 16.4. The zero-order valence-electron chi connectivity index (χ0n) is 28.1. The predicted octanol–water partition coefficient (Wildman–Crippen LogP) is 1.49. The number of H-pyrrole nitrogens is 1. The number of aromatic nitrogens is 1. The fourth-order valence-corrected chi connectivity index (χ4v) is 3.45. The number of carboxylic acids is 5. The van der Waals surface area contributed by atoms with Crippen LogP contribution in [0.1, 0.15) is 66.4 Å². The first-order valence-corrected chi connectivity index (χ1v) is 15.0. The number of carbonyl (C=O) groups is 5. The molecule has 270 valence electrons. The first kappa shape index (κ1) is 47.3. The Morgan fingerprint density at radius 2 is 0.936 bits per heavy atom. The second-order valence-corrected chi connectivity index (χ2v) is 11.8. The van der Waals surface area contributed by atoms with Gasteiger partial charge in [-0.2, -0.15) is 0 Å². The molecule has 1 aromatic carbocycles. The highest BCUT2D eigenvalue weighted by molar-refractivity contribution is 5.84. The number of hydrogen-bond donors (Lipinski definition) is 11. The number of hydrogen-bond acceptors (Lipinski definition) is 10. The van der Waals surface area contributed by atoms with Crippen LogP contribution in [0.15, 0.2) is 30.5 Å². The number of aliphatic carboxylic acids is 5. The van der Waals surface area contributed by atoms with Crippen LogP contribution < -0.4 is 28.7 Å². The third kappa shape index (κ3) is 26.8. The summed E-state index contributed by atoms with van der Waals surface area (Å²) in [5, 5.41) is 42.3. The monoisotopic (exact) mass is 672 g/mol. The molecule has 0 spiro atoms. The topological polar surface area (TPSA) is 332 Å². The van der Waals surface area contributed by atoms with E-state index in [0.717, 1.165) is 16.5 Å². The number of nitrogens with two attached hydrogens (primary N) is 5. The molecule has 0 fully saturated rings. The minimum atomic E-state index is -0.972. The lowest BCUT2D eigenvalue weighted by atomic mass is 10.1. The Kier molecular flexibility index (Phi) is 26.2. The molecular formula is C31H56N6O10. The van der Waals surface area contributed by atoms with Crippen LogP contribution in [0.5, 0.6) is 0 Å². The molecule has 2 aromatic rings. The van der Waals surface area contributed by atoms with Gasteiger partial charge in [-0.25, -0.2) is 0 Å². The predicted molar refractivity (Wildman–Crippen MR) is 180 cm³/mol. The van der Waals surface area contributed by atoms with Crippen LogP contribution in [0, 0.1) is 17.8 Å². The number of aromatic amines is 1. The van der Waals surface area contributed by atoms with Gasteiger partial charge in [0, 0.05) is 23.5 Å². The van der Waals surface area contributed by atoms with Crippen molar-refractivity contribution in [2.45, 2.75) is 91.4 Å². The van der Waals surface area contributed by atoms with E-state index in [1.54, 1.807) is 0 Å². The zero-order chi connectivity index (χ0) is 37.4. The Morgan fingerprint density at radius 1 is 0.617 bits per heavy atom. The maximum absolute atomic E-state index is 10.6. The van der Waals surface area contributed by atoms with E-state index in [4.69, 9.17) is 48.5 Å². The lowest BCUT2D eigenvalue weighted by molar-refractivity contribution is -0.139. The smallest absolute Gasteiger partial charge is 0.320 e. The molecular weight excluding hydrogens is 616 g/mol. The molecule has 0 aliphatic heterocycles. The summed E-state index contributed by atoms with van der Waals surface area (Å²) in [4.78, 5) is 53.3. The minimum absolute atomic E-state index is 0.278. The lowest BCUT2D eigenvalue weighted by Gasteiger charge is -2.07. The molecule has 0 saturated heterocycles. The van der Waals surface area contributed by atoms with E-state index in [0.29, 0.717) is 43.4 Å². The quantitative estimate of drug-likeness (QED) is 0.143. The Hall–Kier alpha value is -4.09. The van der Waals surface area contributed by atoms with Crippen LogP contribution >= 0.6 is 0 Å². The van der Waals surface area contributed by atoms with Gasteiger partial charge in [-0.3, -0.25) is 24.0 Å². The van der Waals surface area contributed by atoms with E-state index in [-0.39, 0.29) is 6.54 Å². The molecule has 4 unspecified atom stereocenters. The van der Waals surface area contributed by atoms with Crippen molar-refractivity contribution in [2.75, 3.05) is 6.54 Å². The maximum atomic E-state index is 10.6. The lowest BCUT2D eigenvalue weighted by Crippen LogP contribution is -2.32. The third-order valence-electron chi connectivity index (χ3n) is 5.73. The van der Waals surface area contributed by atoms with Gasteiger partial charge in [0.2, 0.25) is 0 Å². The van der Waals surface area contributed by atoms with E-state index in [1.165, 1.54) is 0 Å². The van der Waals surface area contributed by atoms with Gasteiger partial charge in [0.1, 0.15) is 24.2 Å². The van der Waals surface area contributed by atoms with Crippen LogP contribution in [0.4, 0.5) is 0 Å². The van der Waals surface area contributed by atoms with Gasteiger partial charge in [-0.15, -0.1) is 0 Å². The highest BCUT2D eigenvalue weighted by Crippen LogP contribution is 2.18. The summed E-state index contributed by atoms with van der Waals surface area (Å²) in [5.74, 6) is -3.61. The molecule has 4 atom stereocenters. The van der Waals surface area contributed by atoms with Crippen molar-refractivity contribution in [1.29, 1.82) is 0 Å². The zero-order valence-corrected chi connectivity index (χ0v) is 28.1. The first-order valence-electron chi connectivity index (χ1n) is 15.0. The van der Waals surface area contributed by atoms with Crippen LogP contribution in [0.3, 0.4) is 0 Å². The normalized spacial score (nSPS) is 12.8. The molecule has 0 bridgehead atoms. The van der Waals surface area contributed by atoms with Crippen LogP contribution in [-0.2, 0) is 30.4 Å². The summed E-state index contributed by atoms with van der Waals surface area (Å²) in [6.07, 6.45) is 3.81. The molecule has 1 heterocycles. The number of fused-ring (bicyclic) bond motifs is 1. The Morgan fingerprint density at radius 3 is 1.19 bits per heavy atom. The number of rotatable bonds is 13. The SMILES string of the molecule is CC(C)CC(N)C(=O)O.CC(C)CC(N)C(=O)O.CC(C)CC(N)C(=O)O.NC(Cc1c[nH]c2ccccc12)C(=O)O.NCC(=O)O. The molecule has 0 radical (unpaired) electrons. The summed E-state index contributed by atoms with van der Waals surface area (Å²) >= 11 is 0. The summed E-state index contributed by atoms with van der Waals surface area (Å²) in [6.45, 7) is 11.4. The Balaban J connectivity index is -0.000000540. The molecule has 2 rings (SSSR count). The molecule has 0 aliphatic rings. The van der Waals surface area contributed by atoms with Gasteiger partial charge in [0.25, 0.3) is 0 Å². The molecule has 0 saturated carbocycles. The van der Waals surface area contributed by atoms with Crippen molar-refractivity contribution in [3.05, 3.63) is 36.0 Å². The number of carboxylic acid groups (broad SMARTS) is 5. The van der Waals surface area contributed by atoms with Crippen molar-refractivity contribution in [3.8, 4) is 0 Å². The number of benzene rings is 1. The second-order valence-electron chi connectivity index (χ2n) is 11.8. The largest absolute Gasteiger partial charge is 0.480 e. The highest BCUT2D eigenvalue weighted by Gasteiger charge is 2.15. The van der Waals surface area contributed by atoms with Crippen molar-refractivity contribution < 1.29 is 49.5 Å². The second kappa shape index (κ2) is 26.0. The van der Waals surface area contributed by atoms with Crippen molar-refractivity contribution in [3.63, 3.8) is 0 Å². The fourth-order valence-electron chi connectivity index (χ4n) is 3.45. The van der Waals surface area contributed by atoms with Gasteiger partial charge in [0.15, 0.2) is 0 Å². The van der Waals surface area contributed by atoms with E-state index in [1.807, 2.05) is 72.0 Å². The minimum Gasteiger partial charge on any atom is -0.480 e. The van der Waals surface area contributed by atoms with E-state index in [2.05, 4.69) is 10.7 Å². The molecule has 16 heteroatoms. The summed E-state index contributed by atoms with van der Waals surface area (Å²) in [5.41, 5.74) is 27.7. The summed E-state index contributed by atoms with van der Waals surface area (Å²) in [7, 11) is 0. The fraction of sp³-hybridized carbons (Fsp3) is 0.581. The average molecular weight is 673 g/mol. The molecule has 1 aromatic heterocycles. The molecule has 16 N–H and O–H groups in total. The van der Waals surface area contributed by atoms with Gasteiger partial charge in [-0.05, 0) is 48.6 Å². The van der Waals surface area contributed by atoms with Gasteiger partial charge in [-0.1, -0.05) is 59.7 Å². The maximum Gasteiger partial charge on any atom is 0.320 e. The average Bonchev–Trinajstić information content (AvgIpc) is 3.35. The van der Waals surface area contributed by atoms with Gasteiger partial charge < -0.3 is 59.2 Å². The summed E-state index contributed by atoms with van der Waals surface area (Å²) in [6, 6.07) is 4.84. The number of para-hydroxylation sites is 1. The standard InChI is InChI=1S/C11H12N2O2.3C6H13NO2.C2H5NO2/c12-9(11(14)15)5-7-6-13-10-4-2-1-3-8(7)10;3*1-4(2)3-5(7)6(8)9;3-1-2(4)5/h1-4,6,9,13H,5,12H2,(H,14,15);3*4-5H,3,7H2,1-2H3,(H,8,9);1,3H2,(H,4,5). The van der Waals surface area contributed by atoms with Crippen LogP contribution in [0.25, 0.3) is 10.9 Å². The van der Waals surface area contributed by atoms with Crippen LogP contribution in [0.2, 0.25) is 0 Å². The van der Waals surface area contributed by atoms with E-state index >= 15 is 0 Å². The summed E-state index contributed by atoms with van der Waals surface area (Å²) < 4.78 is 0. The van der Waals surface area contributed by atoms with E-state index in [9.17, 15) is 24.0 Å². The van der Waals surface area contributed by atoms with Gasteiger partial charge >= 0.3 is 29.8 Å². The van der Waals surface area contributed by atoms with Crippen LogP contribution in [-0.4, -0.2) is 91.1 Å².